The molecule has 3 rings (SSSR count). The van der Waals surface area contributed by atoms with E-state index >= 15 is 0 Å². The van der Waals surface area contributed by atoms with Crippen LogP contribution < -0.4 is 5.32 Å². The second-order valence-corrected chi connectivity index (χ2v) is 8.02. The molecule has 3 heteroatoms. The van der Waals surface area contributed by atoms with Crippen molar-refractivity contribution in [3.8, 4) is 0 Å². The predicted molar refractivity (Wildman–Crippen MR) is 90.6 cm³/mol. The summed E-state index contributed by atoms with van der Waals surface area (Å²) in [6.07, 6.45) is 4.94. The van der Waals surface area contributed by atoms with Gasteiger partial charge in [-0.1, -0.05) is 24.3 Å². The molecule has 0 amide bonds. The molecule has 0 radical (unpaired) electrons. The largest absolute Gasteiger partial charge is 0.310 e. The van der Waals surface area contributed by atoms with Crippen LogP contribution in [0.25, 0.3) is 0 Å². The number of nitrogens with one attached hydrogen (secondary N) is 1. The monoisotopic (exact) mass is 349 g/mol. The first-order valence-corrected chi connectivity index (χ1v) is 8.91. The van der Waals surface area contributed by atoms with Crippen molar-refractivity contribution in [2.75, 3.05) is 6.54 Å². The summed E-state index contributed by atoms with van der Waals surface area (Å²) in [7, 11) is 0. The first-order chi connectivity index (χ1) is 9.74. The normalized spacial score (nSPS) is 18.0. The van der Waals surface area contributed by atoms with Gasteiger partial charge in [0.05, 0.1) is 3.79 Å². The molecule has 0 saturated carbocycles. The van der Waals surface area contributed by atoms with Crippen LogP contribution in [-0.4, -0.2) is 6.54 Å². The molecule has 1 unspecified atom stereocenters. The van der Waals surface area contributed by atoms with Gasteiger partial charge in [0, 0.05) is 10.9 Å². The third-order valence-corrected chi connectivity index (χ3v) is 5.84. The lowest BCUT2D eigenvalue weighted by atomic mass is 9.94. The van der Waals surface area contributed by atoms with Gasteiger partial charge >= 0.3 is 0 Å². The Balaban J connectivity index is 1.61. The minimum atomic E-state index is 0.547. The topological polar surface area (TPSA) is 12.0 Å². The van der Waals surface area contributed by atoms with Crippen LogP contribution in [0.1, 0.15) is 40.5 Å². The van der Waals surface area contributed by atoms with Crippen LogP contribution in [0.4, 0.5) is 0 Å². The average molecular weight is 350 g/mol. The first kappa shape index (κ1) is 14.3. The fourth-order valence-electron chi connectivity index (χ4n) is 3.01. The summed E-state index contributed by atoms with van der Waals surface area (Å²) in [5, 5.41) is 3.75. The Morgan fingerprint density at radius 1 is 1.35 bits per heavy atom. The lowest BCUT2D eigenvalue weighted by molar-refractivity contribution is 0.467. The molecule has 1 nitrogen and oxygen atoms in total. The summed E-state index contributed by atoms with van der Waals surface area (Å²) in [5.41, 5.74) is 4.39. The van der Waals surface area contributed by atoms with Gasteiger partial charge in [-0.05, 0) is 77.8 Å². The zero-order valence-corrected chi connectivity index (χ0v) is 14.2. The number of fused-ring (bicyclic) bond motifs is 1. The summed E-state index contributed by atoms with van der Waals surface area (Å²) in [6.45, 7) is 3.26. The predicted octanol–water partition coefficient (Wildman–Crippen LogP) is 5.03. The minimum Gasteiger partial charge on any atom is -0.310 e. The smallest absolute Gasteiger partial charge is 0.0704 e. The highest BCUT2D eigenvalue weighted by Gasteiger charge is 2.21. The second kappa shape index (κ2) is 6.42. The van der Waals surface area contributed by atoms with E-state index in [0.29, 0.717) is 6.04 Å². The van der Waals surface area contributed by atoms with E-state index in [1.165, 1.54) is 39.7 Å². The van der Waals surface area contributed by atoms with E-state index in [2.05, 4.69) is 58.5 Å². The molecule has 1 aliphatic rings. The van der Waals surface area contributed by atoms with Gasteiger partial charge in [-0.25, -0.2) is 0 Å². The van der Waals surface area contributed by atoms with Crippen molar-refractivity contribution in [1.82, 2.24) is 5.32 Å². The third-order valence-electron chi connectivity index (χ3n) is 4.13. The molecule has 0 aliphatic heterocycles. The van der Waals surface area contributed by atoms with Crippen LogP contribution in [-0.2, 0) is 12.8 Å². The van der Waals surface area contributed by atoms with Crippen molar-refractivity contribution < 1.29 is 0 Å². The molecule has 1 heterocycles. The maximum Gasteiger partial charge on any atom is 0.0704 e. The molecule has 1 atom stereocenters. The number of hydrogen-bond donors (Lipinski definition) is 1. The van der Waals surface area contributed by atoms with Gasteiger partial charge in [-0.2, -0.15) is 0 Å². The van der Waals surface area contributed by atoms with Crippen molar-refractivity contribution in [2.24, 2.45) is 0 Å². The van der Waals surface area contributed by atoms with Crippen LogP contribution in [0.3, 0.4) is 0 Å². The molecule has 20 heavy (non-hydrogen) atoms. The molecule has 0 saturated heterocycles. The highest BCUT2D eigenvalue weighted by atomic mass is 79.9. The standard InChI is InChI=1S/C17H20BrNS/c1-12-5-2-3-6-13(12)9-10-19-15-7-4-8-16-14(15)11-17(18)20-16/h2-3,5-6,11,15,19H,4,7-10H2,1H3. The molecule has 106 valence electrons. The fourth-order valence-corrected chi connectivity index (χ4v) is 4.82. The Bertz CT molecular complexity index is 590. The highest BCUT2D eigenvalue weighted by molar-refractivity contribution is 9.11. The Morgan fingerprint density at radius 2 is 2.20 bits per heavy atom. The third kappa shape index (κ3) is 3.16. The lowest BCUT2D eigenvalue weighted by Gasteiger charge is -2.24. The molecule has 1 aromatic heterocycles. The van der Waals surface area contributed by atoms with E-state index in [0.717, 1.165) is 13.0 Å². The SMILES string of the molecule is Cc1ccccc1CCNC1CCCc2sc(Br)cc21. The number of aryl methyl sites for hydroxylation is 2. The second-order valence-electron chi connectivity index (χ2n) is 5.50. The van der Waals surface area contributed by atoms with Crippen LogP contribution in [0.2, 0.25) is 0 Å². The molecule has 1 aliphatic carbocycles. The van der Waals surface area contributed by atoms with Gasteiger partial charge in [0.25, 0.3) is 0 Å². The van der Waals surface area contributed by atoms with Crippen molar-refractivity contribution >= 4 is 27.3 Å². The fraction of sp³-hybridized carbons (Fsp3) is 0.412. The maximum absolute atomic E-state index is 3.75. The molecule has 0 bridgehead atoms. The highest BCUT2D eigenvalue weighted by Crippen LogP contribution is 2.37. The van der Waals surface area contributed by atoms with E-state index in [-0.39, 0.29) is 0 Å². The number of halogens is 1. The van der Waals surface area contributed by atoms with Crippen LogP contribution >= 0.6 is 27.3 Å². The zero-order chi connectivity index (χ0) is 13.9. The summed E-state index contributed by atoms with van der Waals surface area (Å²) in [6, 6.07) is 11.5. The van der Waals surface area contributed by atoms with Crippen molar-refractivity contribution in [1.29, 1.82) is 0 Å². The molecular formula is C17H20BrNS. The Labute approximate surface area is 133 Å². The maximum atomic E-state index is 3.75. The Morgan fingerprint density at radius 3 is 3.05 bits per heavy atom. The molecule has 0 fully saturated rings. The first-order valence-electron chi connectivity index (χ1n) is 7.30. The Kier molecular flexibility index (Phi) is 4.59. The zero-order valence-electron chi connectivity index (χ0n) is 11.8. The minimum absolute atomic E-state index is 0.547. The van der Waals surface area contributed by atoms with Crippen LogP contribution in [0, 0.1) is 6.92 Å². The van der Waals surface area contributed by atoms with Gasteiger partial charge < -0.3 is 5.32 Å². The van der Waals surface area contributed by atoms with Gasteiger partial charge in [-0.15, -0.1) is 11.3 Å². The van der Waals surface area contributed by atoms with Crippen molar-refractivity contribution in [3.05, 3.63) is 55.7 Å². The van der Waals surface area contributed by atoms with Crippen LogP contribution in [0.5, 0.6) is 0 Å². The van der Waals surface area contributed by atoms with Gasteiger partial charge in [0.15, 0.2) is 0 Å². The Hall–Kier alpha value is -0.640. The quantitative estimate of drug-likeness (QED) is 0.816. The molecule has 2 aromatic rings. The van der Waals surface area contributed by atoms with Crippen molar-refractivity contribution in [3.63, 3.8) is 0 Å². The summed E-state index contributed by atoms with van der Waals surface area (Å²) in [4.78, 5) is 1.57. The van der Waals surface area contributed by atoms with E-state index in [9.17, 15) is 0 Å². The number of benzene rings is 1. The van der Waals surface area contributed by atoms with Gasteiger partial charge in [-0.3, -0.25) is 0 Å². The molecule has 1 aromatic carbocycles. The van der Waals surface area contributed by atoms with Crippen molar-refractivity contribution in [2.45, 2.75) is 38.6 Å². The number of rotatable bonds is 4. The molecular weight excluding hydrogens is 330 g/mol. The van der Waals surface area contributed by atoms with E-state index < -0.39 is 0 Å². The van der Waals surface area contributed by atoms with Gasteiger partial charge in [0.1, 0.15) is 0 Å². The van der Waals surface area contributed by atoms with Crippen LogP contribution in [0.15, 0.2) is 34.1 Å². The molecule has 0 spiro atoms. The number of hydrogen-bond acceptors (Lipinski definition) is 2. The van der Waals surface area contributed by atoms with Gasteiger partial charge in [0.2, 0.25) is 0 Å². The van der Waals surface area contributed by atoms with E-state index in [1.54, 1.807) is 4.88 Å². The molecule has 1 N–H and O–H groups in total. The average Bonchev–Trinajstić information content (AvgIpc) is 2.82. The summed E-state index contributed by atoms with van der Waals surface area (Å²) < 4.78 is 1.27. The summed E-state index contributed by atoms with van der Waals surface area (Å²) >= 11 is 5.53. The van der Waals surface area contributed by atoms with E-state index in [1.807, 2.05) is 11.3 Å². The van der Waals surface area contributed by atoms with E-state index in [4.69, 9.17) is 0 Å². The number of thiophene rings is 1. The summed E-state index contributed by atoms with van der Waals surface area (Å²) in [5.74, 6) is 0. The lowest BCUT2D eigenvalue weighted by Crippen LogP contribution is -2.26.